The highest BCUT2D eigenvalue weighted by Gasteiger charge is 2.22. The predicted octanol–water partition coefficient (Wildman–Crippen LogP) is 3.49. The van der Waals surface area contributed by atoms with E-state index in [1.165, 1.54) is 0 Å². The second-order valence-corrected chi connectivity index (χ2v) is 6.29. The van der Waals surface area contributed by atoms with Crippen LogP contribution in [0.5, 0.6) is 0 Å². The maximum Gasteiger partial charge on any atom is 0.102 e. The molecule has 0 radical (unpaired) electrons. The van der Waals surface area contributed by atoms with Gasteiger partial charge in [-0.05, 0) is 37.7 Å². The summed E-state index contributed by atoms with van der Waals surface area (Å²) in [5.74, 6) is 0.435. The molecule has 1 unspecified atom stereocenters. The highest BCUT2D eigenvalue weighted by molar-refractivity contribution is 7.98. The number of anilines is 1. The molecule has 1 aromatic carbocycles. The lowest BCUT2D eigenvalue weighted by Crippen LogP contribution is -2.35. The van der Waals surface area contributed by atoms with Crippen LogP contribution in [0, 0.1) is 17.2 Å². The number of hydrogen-bond acceptors (Lipinski definition) is 4. The van der Waals surface area contributed by atoms with Crippen molar-refractivity contribution >= 4 is 17.4 Å². The van der Waals surface area contributed by atoms with Gasteiger partial charge in [-0.1, -0.05) is 19.9 Å². The fourth-order valence-electron chi connectivity index (χ4n) is 2.20. The second-order valence-electron chi connectivity index (χ2n) is 5.44. The minimum atomic E-state index is -0.768. The molecule has 0 amide bonds. The monoisotopic (exact) mass is 278 g/mol. The molecule has 2 N–H and O–H groups in total. The summed E-state index contributed by atoms with van der Waals surface area (Å²) in [6.45, 7) is 6.44. The third-order valence-electron chi connectivity index (χ3n) is 2.87. The van der Waals surface area contributed by atoms with Crippen LogP contribution in [0.4, 0.5) is 5.69 Å². The largest absolute Gasteiger partial charge is 0.388 e. The first-order chi connectivity index (χ1) is 8.89. The summed E-state index contributed by atoms with van der Waals surface area (Å²) in [4.78, 5) is 0.955. The number of hydrogen-bond donors (Lipinski definition) is 2. The van der Waals surface area contributed by atoms with E-state index in [0.717, 1.165) is 17.0 Å². The van der Waals surface area contributed by atoms with Crippen molar-refractivity contribution in [1.29, 1.82) is 5.26 Å². The minimum absolute atomic E-state index is 0.435. The Morgan fingerprint density at radius 1 is 1.47 bits per heavy atom. The van der Waals surface area contributed by atoms with Gasteiger partial charge in [0.25, 0.3) is 0 Å². The van der Waals surface area contributed by atoms with Crippen LogP contribution in [0.25, 0.3) is 0 Å². The molecule has 0 spiro atoms. The van der Waals surface area contributed by atoms with Crippen LogP contribution in [0.2, 0.25) is 0 Å². The van der Waals surface area contributed by atoms with E-state index in [2.05, 4.69) is 25.2 Å². The first-order valence-corrected chi connectivity index (χ1v) is 7.65. The molecular weight excluding hydrogens is 256 g/mol. The molecule has 19 heavy (non-hydrogen) atoms. The molecule has 4 heteroatoms. The third kappa shape index (κ3) is 4.77. The average molecular weight is 278 g/mol. The van der Waals surface area contributed by atoms with Gasteiger partial charge in [0, 0.05) is 11.4 Å². The van der Waals surface area contributed by atoms with E-state index in [-0.39, 0.29) is 0 Å². The van der Waals surface area contributed by atoms with Gasteiger partial charge in [-0.25, -0.2) is 0 Å². The molecule has 0 bridgehead atoms. The number of aliphatic hydroxyl groups is 1. The Balaban J connectivity index is 2.81. The molecule has 0 aromatic heterocycles. The van der Waals surface area contributed by atoms with E-state index in [9.17, 15) is 10.4 Å². The van der Waals surface area contributed by atoms with Crippen molar-refractivity contribution in [3.63, 3.8) is 0 Å². The van der Waals surface area contributed by atoms with Crippen molar-refractivity contribution < 1.29 is 5.11 Å². The molecule has 0 saturated carbocycles. The Hall–Kier alpha value is -1.18. The zero-order valence-corrected chi connectivity index (χ0v) is 12.8. The average Bonchev–Trinajstić information content (AvgIpc) is 2.34. The summed E-state index contributed by atoms with van der Waals surface area (Å²) in [7, 11) is 0. The Morgan fingerprint density at radius 2 is 2.16 bits per heavy atom. The summed E-state index contributed by atoms with van der Waals surface area (Å²) in [6, 6.07) is 7.96. The summed E-state index contributed by atoms with van der Waals surface area (Å²) >= 11 is 1.55. The molecular formula is C15H22N2OS. The van der Waals surface area contributed by atoms with Gasteiger partial charge in [0.2, 0.25) is 0 Å². The van der Waals surface area contributed by atoms with Crippen LogP contribution in [0.3, 0.4) is 0 Å². The Kier molecular flexibility index (Phi) is 5.71. The highest BCUT2D eigenvalue weighted by Crippen LogP contribution is 2.27. The lowest BCUT2D eigenvalue weighted by atomic mass is 9.94. The van der Waals surface area contributed by atoms with Gasteiger partial charge in [-0.2, -0.15) is 5.26 Å². The smallest absolute Gasteiger partial charge is 0.102 e. The van der Waals surface area contributed by atoms with Crippen molar-refractivity contribution in [2.24, 2.45) is 5.92 Å². The topological polar surface area (TPSA) is 56.0 Å². The maximum atomic E-state index is 10.3. The lowest BCUT2D eigenvalue weighted by Gasteiger charge is -2.26. The van der Waals surface area contributed by atoms with Gasteiger partial charge in [-0.3, -0.25) is 0 Å². The predicted molar refractivity (Wildman–Crippen MR) is 81.5 cm³/mol. The molecule has 3 nitrogen and oxygen atoms in total. The van der Waals surface area contributed by atoms with E-state index in [0.29, 0.717) is 18.0 Å². The van der Waals surface area contributed by atoms with Crippen LogP contribution in [0.1, 0.15) is 32.8 Å². The zero-order valence-electron chi connectivity index (χ0n) is 12.0. The molecule has 0 saturated heterocycles. The molecule has 0 aliphatic heterocycles. The molecule has 0 fully saturated rings. The number of nitriles is 1. The Labute approximate surface area is 120 Å². The van der Waals surface area contributed by atoms with E-state index < -0.39 is 5.60 Å². The molecule has 1 rings (SSSR count). The number of thioether (sulfide) groups is 1. The van der Waals surface area contributed by atoms with Crippen molar-refractivity contribution in [2.45, 2.75) is 37.7 Å². The number of nitrogens with one attached hydrogen (secondary N) is 1. The number of rotatable bonds is 6. The SMILES string of the molecule is CSc1cccc(NCC(C)(O)CC(C)C)c1C#N. The maximum absolute atomic E-state index is 10.3. The first-order valence-electron chi connectivity index (χ1n) is 6.43. The summed E-state index contributed by atoms with van der Waals surface area (Å²) in [5.41, 5.74) is 0.671. The van der Waals surface area contributed by atoms with Gasteiger partial charge in [0.1, 0.15) is 6.07 Å². The van der Waals surface area contributed by atoms with Crippen molar-refractivity contribution in [1.82, 2.24) is 0 Å². The van der Waals surface area contributed by atoms with Crippen LogP contribution < -0.4 is 5.32 Å². The van der Waals surface area contributed by atoms with Crippen LogP contribution in [-0.2, 0) is 0 Å². The fraction of sp³-hybridized carbons (Fsp3) is 0.533. The normalized spacial score (nSPS) is 13.9. The molecule has 104 valence electrons. The number of nitrogens with zero attached hydrogens (tertiary/aromatic N) is 1. The summed E-state index contributed by atoms with van der Waals surface area (Å²) in [5, 5.41) is 22.7. The molecule has 1 atom stereocenters. The molecule has 0 aliphatic carbocycles. The highest BCUT2D eigenvalue weighted by atomic mass is 32.2. The standard InChI is InChI=1S/C15H22N2OS/c1-11(2)8-15(3,18)10-17-13-6-5-7-14(19-4)12(13)9-16/h5-7,11,17-18H,8,10H2,1-4H3. The van der Waals surface area contributed by atoms with E-state index in [1.54, 1.807) is 11.8 Å². The van der Waals surface area contributed by atoms with Gasteiger partial charge < -0.3 is 10.4 Å². The van der Waals surface area contributed by atoms with E-state index in [1.807, 2.05) is 31.4 Å². The Bertz CT molecular complexity index is 464. The summed E-state index contributed by atoms with van der Waals surface area (Å²) < 4.78 is 0. The van der Waals surface area contributed by atoms with Gasteiger partial charge in [-0.15, -0.1) is 11.8 Å². The second kappa shape index (κ2) is 6.83. The van der Waals surface area contributed by atoms with E-state index >= 15 is 0 Å². The van der Waals surface area contributed by atoms with Crippen LogP contribution in [-0.4, -0.2) is 23.5 Å². The van der Waals surface area contributed by atoms with Gasteiger partial charge in [0.15, 0.2) is 0 Å². The zero-order chi connectivity index (χ0) is 14.5. The molecule has 0 heterocycles. The number of benzene rings is 1. The third-order valence-corrected chi connectivity index (χ3v) is 3.65. The molecule has 1 aromatic rings. The lowest BCUT2D eigenvalue weighted by molar-refractivity contribution is 0.0515. The van der Waals surface area contributed by atoms with Crippen molar-refractivity contribution in [3.05, 3.63) is 23.8 Å². The van der Waals surface area contributed by atoms with Crippen molar-refractivity contribution in [2.75, 3.05) is 18.1 Å². The minimum Gasteiger partial charge on any atom is -0.388 e. The Morgan fingerprint density at radius 3 is 2.68 bits per heavy atom. The quantitative estimate of drug-likeness (QED) is 0.782. The van der Waals surface area contributed by atoms with Gasteiger partial charge >= 0.3 is 0 Å². The van der Waals surface area contributed by atoms with Crippen LogP contribution >= 0.6 is 11.8 Å². The van der Waals surface area contributed by atoms with Crippen LogP contribution in [0.15, 0.2) is 23.1 Å². The molecule has 0 aliphatic rings. The fourth-order valence-corrected chi connectivity index (χ4v) is 2.78. The summed E-state index contributed by atoms with van der Waals surface area (Å²) in [6.07, 6.45) is 2.68. The van der Waals surface area contributed by atoms with Crippen molar-refractivity contribution in [3.8, 4) is 6.07 Å². The van der Waals surface area contributed by atoms with E-state index in [4.69, 9.17) is 0 Å². The van der Waals surface area contributed by atoms with Gasteiger partial charge in [0.05, 0.1) is 16.9 Å². The first kappa shape index (κ1) is 15.9.